The molecule has 2 fully saturated rings. The number of thiophene rings is 1. The van der Waals surface area contributed by atoms with Gasteiger partial charge in [-0.05, 0) is 106 Å². The molecule has 0 aliphatic carbocycles. The molecule has 3 N–H and O–H groups in total. The molecule has 17 heteroatoms. The molecule has 2 saturated heterocycles. The molecule has 3 aliphatic rings. The predicted molar refractivity (Wildman–Crippen MR) is 266 cm³/mol. The van der Waals surface area contributed by atoms with Gasteiger partial charge in [-0.15, -0.1) is 31.7 Å². The summed E-state index contributed by atoms with van der Waals surface area (Å²) in [4.78, 5) is 41.1. The fourth-order valence-corrected chi connectivity index (χ4v) is 11.0. The highest BCUT2D eigenvalue weighted by atomic mass is 35.5. The van der Waals surface area contributed by atoms with E-state index in [1.165, 1.54) is 16.5 Å². The first-order valence-electron chi connectivity index (χ1n) is 23.6. The number of carbonyl (C=O) groups is 2. The van der Waals surface area contributed by atoms with Crippen molar-refractivity contribution in [2.75, 3.05) is 45.8 Å². The zero-order valence-electron chi connectivity index (χ0n) is 39.8. The Balaban J connectivity index is 0.807. The van der Waals surface area contributed by atoms with Crippen molar-refractivity contribution < 1.29 is 19.8 Å². The number of benzene rings is 3. The third kappa shape index (κ3) is 9.56. The summed E-state index contributed by atoms with van der Waals surface area (Å²) in [7, 11) is 0. The van der Waals surface area contributed by atoms with Crippen molar-refractivity contribution in [3.8, 4) is 33.6 Å². The quantitative estimate of drug-likeness (QED) is 0.109. The van der Waals surface area contributed by atoms with Gasteiger partial charge in [-0.2, -0.15) is 0 Å². The van der Waals surface area contributed by atoms with E-state index < -0.39 is 6.04 Å². The number of hydrogen-bond acceptors (Lipinski definition) is 12. The molecule has 356 valence electrons. The number of nitrogens with one attached hydrogen (secondary N) is 1. The first kappa shape index (κ1) is 47.1. The number of hydrogen-bond donors (Lipinski definition) is 3. The average molecular weight is 959 g/mol. The van der Waals surface area contributed by atoms with E-state index in [0.717, 1.165) is 98.4 Å². The third-order valence-corrected chi connectivity index (χ3v) is 15.0. The van der Waals surface area contributed by atoms with Crippen molar-refractivity contribution in [1.29, 1.82) is 0 Å². The number of piperazine rings is 1. The Morgan fingerprint density at radius 2 is 1.51 bits per heavy atom. The van der Waals surface area contributed by atoms with E-state index >= 15 is 0 Å². The predicted octanol–water partition coefficient (Wildman–Crippen LogP) is 8.17. The number of piperidine rings is 1. The molecule has 68 heavy (non-hydrogen) atoms. The number of carbonyl (C=O) groups excluding carboxylic acids is 2. The fourth-order valence-electron chi connectivity index (χ4n) is 9.71. The number of amides is 2. The standard InChI is InChI=1S/C51H60ClN11O4S/c1-29(2)39-24-40(43(65)26-42(39)64)47-56-58-49(50(67)53-30(3)4)63(47)38-14-8-34(9-15-38)27-59-20-22-60(23-21-59)28-35-16-18-61(19-17-35)44(66)25-41-48-57-55-33(7)62(48)51-45(31(5)32(6)68-51)46(54-41)36-10-12-37(52)13-11-36/h8-15,24,26,29-30,35,41,64-65H,16-23,25,27-28H2,1-7H3,(H,53,67)/t41-/m0/s1. The van der Waals surface area contributed by atoms with E-state index in [-0.39, 0.29) is 47.5 Å². The highest BCUT2D eigenvalue weighted by Gasteiger charge is 2.35. The number of rotatable bonds is 12. The van der Waals surface area contributed by atoms with E-state index in [0.29, 0.717) is 39.4 Å². The van der Waals surface area contributed by atoms with Gasteiger partial charge in [0.05, 0.1) is 17.7 Å². The average Bonchev–Trinajstić information content (AvgIpc) is 3.98. The van der Waals surface area contributed by atoms with Crippen LogP contribution in [0.25, 0.3) is 22.1 Å². The second-order valence-electron chi connectivity index (χ2n) is 19.1. The van der Waals surface area contributed by atoms with Crippen molar-refractivity contribution in [2.45, 2.75) is 92.3 Å². The summed E-state index contributed by atoms with van der Waals surface area (Å²) in [6.45, 7) is 21.0. The molecule has 3 aliphatic heterocycles. The van der Waals surface area contributed by atoms with Gasteiger partial charge in [0.2, 0.25) is 11.7 Å². The maximum atomic E-state index is 14.1. The maximum Gasteiger partial charge on any atom is 0.289 e. The molecule has 0 saturated carbocycles. The molecule has 15 nitrogen and oxygen atoms in total. The van der Waals surface area contributed by atoms with Gasteiger partial charge in [0.15, 0.2) is 11.6 Å². The van der Waals surface area contributed by atoms with Gasteiger partial charge in [0.25, 0.3) is 5.91 Å². The lowest BCUT2D eigenvalue weighted by atomic mass is 9.95. The summed E-state index contributed by atoms with van der Waals surface area (Å²) in [6.07, 6.45) is 2.15. The molecule has 3 aromatic carbocycles. The number of halogens is 1. The van der Waals surface area contributed by atoms with Gasteiger partial charge in [-0.25, -0.2) is 0 Å². The Morgan fingerprint density at radius 1 is 0.824 bits per heavy atom. The van der Waals surface area contributed by atoms with E-state index in [1.807, 2.05) is 75.9 Å². The Hall–Kier alpha value is -5.94. The van der Waals surface area contributed by atoms with Gasteiger partial charge in [-0.1, -0.05) is 49.7 Å². The zero-order chi connectivity index (χ0) is 48.0. The number of aromatic nitrogens is 6. The lowest BCUT2D eigenvalue weighted by molar-refractivity contribution is -0.133. The summed E-state index contributed by atoms with van der Waals surface area (Å²) in [6, 6.07) is 18.2. The van der Waals surface area contributed by atoms with Crippen LogP contribution in [0.5, 0.6) is 11.5 Å². The van der Waals surface area contributed by atoms with Crippen molar-refractivity contribution >= 4 is 40.5 Å². The molecule has 3 aromatic heterocycles. The second kappa shape index (κ2) is 19.6. The van der Waals surface area contributed by atoms with Crippen molar-refractivity contribution in [1.82, 2.24) is 49.5 Å². The van der Waals surface area contributed by atoms with E-state index in [2.05, 4.69) is 66.1 Å². The molecule has 0 spiro atoms. The Bertz CT molecular complexity index is 2850. The SMILES string of the molecule is Cc1sc2c(c1C)C(c1ccc(Cl)cc1)=N[C@@H](CC(=O)N1CCC(CN3CCN(Cc4ccc(-n5c(C(=O)NC(C)C)nnc5-c5cc(C(C)C)c(O)cc5O)cc4)CC3)CC1)c1nnc(C)n1-2. The number of phenolic OH excluding ortho intramolecular Hbond substituents is 2. The number of fused-ring (bicyclic) bond motifs is 3. The van der Waals surface area contributed by atoms with Crippen molar-refractivity contribution in [3.63, 3.8) is 0 Å². The minimum absolute atomic E-state index is 0.00177. The molecule has 0 bridgehead atoms. The lowest BCUT2D eigenvalue weighted by Crippen LogP contribution is -2.48. The molecular formula is C51H60ClN11O4S. The number of phenols is 2. The van der Waals surface area contributed by atoms with Crippen LogP contribution in [0, 0.1) is 26.7 Å². The smallest absolute Gasteiger partial charge is 0.289 e. The summed E-state index contributed by atoms with van der Waals surface area (Å²) in [5.74, 6) is 1.96. The zero-order valence-corrected chi connectivity index (χ0v) is 41.4. The lowest BCUT2D eigenvalue weighted by Gasteiger charge is -2.39. The van der Waals surface area contributed by atoms with E-state index in [4.69, 9.17) is 16.6 Å². The first-order chi connectivity index (χ1) is 32.6. The van der Waals surface area contributed by atoms with Crippen LogP contribution >= 0.6 is 22.9 Å². The van der Waals surface area contributed by atoms with Gasteiger partial charge < -0.3 is 25.3 Å². The second-order valence-corrected chi connectivity index (χ2v) is 20.7. The van der Waals surface area contributed by atoms with Crippen LogP contribution < -0.4 is 5.32 Å². The van der Waals surface area contributed by atoms with Crippen LogP contribution in [-0.2, 0) is 11.3 Å². The third-order valence-electron chi connectivity index (χ3n) is 13.6. The number of aliphatic imine (C=N–C) groups is 1. The highest BCUT2D eigenvalue weighted by Crippen LogP contribution is 2.41. The van der Waals surface area contributed by atoms with E-state index in [9.17, 15) is 19.8 Å². The van der Waals surface area contributed by atoms with Crippen LogP contribution in [-0.4, -0.2) is 124 Å². The number of aromatic hydroxyl groups is 2. The van der Waals surface area contributed by atoms with Crippen LogP contribution in [0.15, 0.2) is 65.7 Å². The van der Waals surface area contributed by atoms with E-state index in [1.54, 1.807) is 22.0 Å². The summed E-state index contributed by atoms with van der Waals surface area (Å²) < 4.78 is 3.77. The monoisotopic (exact) mass is 957 g/mol. The van der Waals surface area contributed by atoms with Gasteiger partial charge in [0.1, 0.15) is 28.4 Å². The normalized spacial score (nSPS) is 17.1. The number of nitrogens with zero attached hydrogens (tertiary/aromatic N) is 10. The van der Waals surface area contributed by atoms with Gasteiger partial charge in [0, 0.05) is 91.2 Å². The van der Waals surface area contributed by atoms with Crippen LogP contribution in [0.3, 0.4) is 0 Å². The van der Waals surface area contributed by atoms with Crippen molar-refractivity contribution in [3.05, 3.63) is 116 Å². The van der Waals surface area contributed by atoms with Crippen LogP contribution in [0.1, 0.15) is 114 Å². The minimum atomic E-state index is -0.483. The molecule has 9 rings (SSSR count). The highest BCUT2D eigenvalue weighted by molar-refractivity contribution is 7.15. The molecule has 2 amide bonds. The minimum Gasteiger partial charge on any atom is -0.508 e. The number of likely N-dealkylation sites (tertiary alicyclic amines) is 1. The molecule has 6 aromatic rings. The molecule has 6 heterocycles. The molecule has 0 radical (unpaired) electrons. The molecular weight excluding hydrogens is 898 g/mol. The summed E-state index contributed by atoms with van der Waals surface area (Å²) in [5, 5.41) is 43.8. The van der Waals surface area contributed by atoms with Crippen LogP contribution in [0.2, 0.25) is 5.02 Å². The largest absolute Gasteiger partial charge is 0.508 e. The van der Waals surface area contributed by atoms with Crippen molar-refractivity contribution in [2.24, 2.45) is 10.9 Å². The van der Waals surface area contributed by atoms with Gasteiger partial charge >= 0.3 is 0 Å². The van der Waals surface area contributed by atoms with Crippen LogP contribution in [0.4, 0.5) is 0 Å². The Morgan fingerprint density at radius 3 is 2.19 bits per heavy atom. The molecule has 1 atom stereocenters. The maximum absolute atomic E-state index is 14.1. The molecule has 0 unspecified atom stereocenters. The topological polar surface area (TPSA) is 170 Å². The number of aryl methyl sites for hydroxylation is 2. The first-order valence-corrected chi connectivity index (χ1v) is 24.8. The Kier molecular flexibility index (Phi) is 13.6. The Labute approximate surface area is 406 Å². The summed E-state index contributed by atoms with van der Waals surface area (Å²) >= 11 is 8.01. The summed E-state index contributed by atoms with van der Waals surface area (Å²) in [5.41, 5.74) is 6.89. The van der Waals surface area contributed by atoms with Gasteiger partial charge in [-0.3, -0.25) is 28.6 Å². The fraction of sp³-hybridized carbons (Fsp3) is 0.431.